The molecule has 0 unspecified atom stereocenters. The standard InChI is InChI=1S/C13H15NO2/c1-9-6-11-7-10(4-3-5-14)8-12(15-2)13(11)16-9/h3-4,6-8H,5,14H2,1-2H3/b4-3+. The van der Waals surface area contributed by atoms with Crippen LogP contribution in [0.1, 0.15) is 11.3 Å². The molecule has 0 aliphatic rings. The van der Waals surface area contributed by atoms with Crippen molar-refractivity contribution in [1.82, 2.24) is 0 Å². The van der Waals surface area contributed by atoms with Crippen LogP contribution < -0.4 is 10.5 Å². The third-order valence-corrected chi connectivity index (χ3v) is 2.39. The number of aryl methyl sites for hydroxylation is 1. The molecule has 1 heterocycles. The van der Waals surface area contributed by atoms with E-state index in [0.29, 0.717) is 6.54 Å². The van der Waals surface area contributed by atoms with Crippen molar-refractivity contribution >= 4 is 17.0 Å². The molecule has 0 spiro atoms. The summed E-state index contributed by atoms with van der Waals surface area (Å²) in [6.07, 6.45) is 3.89. The fourth-order valence-corrected chi connectivity index (χ4v) is 1.72. The van der Waals surface area contributed by atoms with Crippen molar-refractivity contribution < 1.29 is 9.15 Å². The molecule has 0 atom stereocenters. The zero-order valence-electron chi connectivity index (χ0n) is 9.49. The lowest BCUT2D eigenvalue weighted by Crippen LogP contribution is -1.92. The van der Waals surface area contributed by atoms with E-state index >= 15 is 0 Å². The maximum atomic E-state index is 5.58. The lowest BCUT2D eigenvalue weighted by atomic mass is 10.1. The summed E-state index contributed by atoms with van der Waals surface area (Å²) in [6.45, 7) is 2.46. The van der Waals surface area contributed by atoms with Gasteiger partial charge in [-0.1, -0.05) is 12.2 Å². The quantitative estimate of drug-likeness (QED) is 0.859. The third-order valence-electron chi connectivity index (χ3n) is 2.39. The Morgan fingerprint density at radius 1 is 1.38 bits per heavy atom. The third kappa shape index (κ3) is 1.95. The summed E-state index contributed by atoms with van der Waals surface area (Å²) in [5, 5.41) is 1.05. The van der Waals surface area contributed by atoms with Crippen LogP contribution in [0.2, 0.25) is 0 Å². The molecule has 0 saturated carbocycles. The summed E-state index contributed by atoms with van der Waals surface area (Å²) in [6, 6.07) is 6.00. The van der Waals surface area contributed by atoms with Gasteiger partial charge in [-0.15, -0.1) is 0 Å². The van der Waals surface area contributed by atoms with Crippen molar-refractivity contribution in [2.75, 3.05) is 13.7 Å². The van der Waals surface area contributed by atoms with Gasteiger partial charge in [0.15, 0.2) is 11.3 Å². The Balaban J connectivity index is 2.58. The molecule has 1 aromatic carbocycles. The second-order valence-corrected chi connectivity index (χ2v) is 3.64. The molecule has 3 heteroatoms. The highest BCUT2D eigenvalue weighted by Crippen LogP contribution is 2.30. The molecule has 84 valence electrons. The molecule has 0 radical (unpaired) electrons. The van der Waals surface area contributed by atoms with Gasteiger partial charge >= 0.3 is 0 Å². The Kier molecular flexibility index (Phi) is 2.97. The average molecular weight is 217 g/mol. The number of benzene rings is 1. The van der Waals surface area contributed by atoms with E-state index in [4.69, 9.17) is 14.9 Å². The first kappa shape index (κ1) is 10.8. The second-order valence-electron chi connectivity index (χ2n) is 3.64. The summed E-state index contributed by atoms with van der Waals surface area (Å²) < 4.78 is 10.9. The monoisotopic (exact) mass is 217 g/mol. The van der Waals surface area contributed by atoms with Gasteiger partial charge in [-0.2, -0.15) is 0 Å². The average Bonchev–Trinajstić information content (AvgIpc) is 2.65. The van der Waals surface area contributed by atoms with Crippen molar-refractivity contribution in [2.45, 2.75) is 6.92 Å². The first-order chi connectivity index (χ1) is 7.74. The largest absolute Gasteiger partial charge is 0.493 e. The van der Waals surface area contributed by atoms with E-state index in [2.05, 4.69) is 6.07 Å². The van der Waals surface area contributed by atoms with Gasteiger partial charge < -0.3 is 14.9 Å². The van der Waals surface area contributed by atoms with Gasteiger partial charge in [0.05, 0.1) is 7.11 Å². The normalized spacial score (nSPS) is 11.4. The van der Waals surface area contributed by atoms with Gasteiger partial charge in [0.25, 0.3) is 0 Å². The highest BCUT2D eigenvalue weighted by atomic mass is 16.5. The number of ether oxygens (including phenoxy) is 1. The summed E-state index contributed by atoms with van der Waals surface area (Å²) in [4.78, 5) is 0. The van der Waals surface area contributed by atoms with Gasteiger partial charge in [-0.05, 0) is 30.7 Å². The fourth-order valence-electron chi connectivity index (χ4n) is 1.72. The molecule has 0 aliphatic carbocycles. The molecule has 2 aromatic rings. The van der Waals surface area contributed by atoms with Crippen molar-refractivity contribution in [2.24, 2.45) is 5.73 Å². The first-order valence-electron chi connectivity index (χ1n) is 5.19. The molecule has 0 fully saturated rings. The zero-order valence-corrected chi connectivity index (χ0v) is 9.49. The molecular weight excluding hydrogens is 202 g/mol. The molecule has 0 amide bonds. The minimum atomic E-state index is 0.533. The smallest absolute Gasteiger partial charge is 0.176 e. The Morgan fingerprint density at radius 2 is 2.19 bits per heavy atom. The van der Waals surface area contributed by atoms with Crippen molar-refractivity contribution in [3.63, 3.8) is 0 Å². The molecule has 0 aliphatic heterocycles. The van der Waals surface area contributed by atoms with Gasteiger partial charge in [-0.3, -0.25) is 0 Å². The summed E-state index contributed by atoms with van der Waals surface area (Å²) in [5.41, 5.74) is 7.29. The number of methoxy groups -OCH3 is 1. The lowest BCUT2D eigenvalue weighted by Gasteiger charge is -2.02. The van der Waals surface area contributed by atoms with E-state index in [-0.39, 0.29) is 0 Å². The summed E-state index contributed by atoms with van der Waals surface area (Å²) in [7, 11) is 1.64. The van der Waals surface area contributed by atoms with Crippen LogP contribution in [0.3, 0.4) is 0 Å². The van der Waals surface area contributed by atoms with Crippen molar-refractivity contribution in [3.8, 4) is 5.75 Å². The van der Waals surface area contributed by atoms with Crippen molar-refractivity contribution in [1.29, 1.82) is 0 Å². The van der Waals surface area contributed by atoms with Gasteiger partial charge in [0, 0.05) is 11.9 Å². The predicted octanol–water partition coefficient (Wildman–Crippen LogP) is 2.72. The number of hydrogen-bond donors (Lipinski definition) is 1. The van der Waals surface area contributed by atoms with Crippen molar-refractivity contribution in [3.05, 3.63) is 35.6 Å². The van der Waals surface area contributed by atoms with E-state index < -0.39 is 0 Å². The minimum absolute atomic E-state index is 0.533. The van der Waals surface area contributed by atoms with E-state index in [1.165, 1.54) is 0 Å². The first-order valence-corrected chi connectivity index (χ1v) is 5.19. The lowest BCUT2D eigenvalue weighted by molar-refractivity contribution is 0.408. The molecule has 0 bridgehead atoms. The van der Waals surface area contributed by atoms with Crippen LogP contribution in [-0.2, 0) is 0 Å². The van der Waals surface area contributed by atoms with Crippen LogP contribution in [0.15, 0.2) is 28.7 Å². The topological polar surface area (TPSA) is 48.4 Å². The zero-order chi connectivity index (χ0) is 11.5. The van der Waals surface area contributed by atoms with Crippen LogP contribution in [0.4, 0.5) is 0 Å². The fraction of sp³-hybridized carbons (Fsp3) is 0.231. The Labute approximate surface area is 94.5 Å². The number of hydrogen-bond acceptors (Lipinski definition) is 3. The highest BCUT2D eigenvalue weighted by Gasteiger charge is 2.07. The summed E-state index contributed by atoms with van der Waals surface area (Å²) in [5.74, 6) is 1.63. The van der Waals surface area contributed by atoms with E-state index in [1.807, 2.05) is 31.2 Å². The van der Waals surface area contributed by atoms with E-state index in [1.54, 1.807) is 7.11 Å². The molecule has 3 nitrogen and oxygen atoms in total. The SMILES string of the molecule is COc1cc(/C=C/CN)cc2cc(C)oc12. The Bertz CT molecular complexity index is 526. The molecule has 16 heavy (non-hydrogen) atoms. The van der Waals surface area contributed by atoms with Crippen LogP contribution in [0.25, 0.3) is 17.0 Å². The van der Waals surface area contributed by atoms with E-state index in [9.17, 15) is 0 Å². The molecular formula is C13H15NO2. The van der Waals surface area contributed by atoms with Gasteiger partial charge in [-0.25, -0.2) is 0 Å². The molecule has 2 N–H and O–H groups in total. The van der Waals surface area contributed by atoms with E-state index in [0.717, 1.165) is 28.0 Å². The maximum absolute atomic E-state index is 5.58. The summed E-state index contributed by atoms with van der Waals surface area (Å²) >= 11 is 0. The predicted molar refractivity (Wildman–Crippen MR) is 65.6 cm³/mol. The van der Waals surface area contributed by atoms with Gasteiger partial charge in [0.2, 0.25) is 0 Å². The Hall–Kier alpha value is -1.74. The second kappa shape index (κ2) is 4.41. The highest BCUT2D eigenvalue weighted by molar-refractivity contribution is 5.86. The Morgan fingerprint density at radius 3 is 2.88 bits per heavy atom. The number of furan rings is 1. The van der Waals surface area contributed by atoms with Crippen LogP contribution in [-0.4, -0.2) is 13.7 Å². The van der Waals surface area contributed by atoms with Crippen LogP contribution in [0.5, 0.6) is 5.75 Å². The van der Waals surface area contributed by atoms with Crippen LogP contribution in [0, 0.1) is 6.92 Å². The molecule has 2 rings (SSSR count). The van der Waals surface area contributed by atoms with Gasteiger partial charge in [0.1, 0.15) is 5.76 Å². The number of fused-ring (bicyclic) bond motifs is 1. The molecule has 1 aromatic heterocycles. The minimum Gasteiger partial charge on any atom is -0.493 e. The molecule has 0 saturated heterocycles. The number of rotatable bonds is 3. The maximum Gasteiger partial charge on any atom is 0.176 e. The van der Waals surface area contributed by atoms with Crippen LogP contribution >= 0.6 is 0 Å². The number of nitrogens with two attached hydrogens (primary N) is 1.